The third-order valence-electron chi connectivity index (χ3n) is 6.35. The Hall–Kier alpha value is -2.66. The summed E-state index contributed by atoms with van der Waals surface area (Å²) in [5.74, 6) is -0.179. The molecule has 0 bridgehead atoms. The Morgan fingerprint density at radius 1 is 0.941 bits per heavy atom. The van der Waals surface area contributed by atoms with Gasteiger partial charge in [0.25, 0.3) is 0 Å². The fraction of sp³-hybridized carbons (Fsp3) is 0.375. The second-order valence-corrected chi connectivity index (χ2v) is 11.6. The minimum atomic E-state index is -3.53. The summed E-state index contributed by atoms with van der Waals surface area (Å²) < 4.78 is 27.9. The summed E-state index contributed by atoms with van der Waals surface area (Å²) in [5, 5.41) is 12.2. The first-order valence-corrected chi connectivity index (χ1v) is 13.8. The smallest absolute Gasteiger partial charge is 0.243 e. The number of aryl methyl sites for hydroxylation is 2. The molecule has 10 heteroatoms. The normalized spacial score (nSPS) is 17.3. The zero-order valence-corrected chi connectivity index (χ0v) is 20.4. The number of nitrogens with one attached hydrogen (secondary N) is 1. The van der Waals surface area contributed by atoms with Crippen LogP contribution in [0.1, 0.15) is 24.0 Å². The molecule has 1 amide bonds. The Kier molecular flexibility index (Phi) is 6.73. The fourth-order valence-electron chi connectivity index (χ4n) is 4.48. The van der Waals surface area contributed by atoms with Gasteiger partial charge in [-0.1, -0.05) is 47.7 Å². The average Bonchev–Trinajstić information content (AvgIpc) is 3.33. The van der Waals surface area contributed by atoms with E-state index < -0.39 is 10.0 Å². The lowest BCUT2D eigenvalue weighted by Gasteiger charge is -2.33. The highest BCUT2D eigenvalue weighted by molar-refractivity contribution is 7.89. The highest BCUT2D eigenvalue weighted by Gasteiger charge is 2.30. The number of carbonyl (C=O) groups is 1. The molecule has 34 heavy (non-hydrogen) atoms. The lowest BCUT2D eigenvalue weighted by Crippen LogP contribution is -2.50. The first kappa shape index (κ1) is 23.1. The van der Waals surface area contributed by atoms with Crippen LogP contribution in [0.25, 0.3) is 10.6 Å². The van der Waals surface area contributed by atoms with Crippen LogP contribution in [0.15, 0.2) is 53.4 Å². The molecule has 1 aliphatic carbocycles. The first-order valence-electron chi connectivity index (χ1n) is 11.5. The van der Waals surface area contributed by atoms with Crippen molar-refractivity contribution in [3.05, 3.63) is 59.7 Å². The number of benzene rings is 2. The number of rotatable bonds is 6. The van der Waals surface area contributed by atoms with Gasteiger partial charge in [-0.05, 0) is 48.9 Å². The van der Waals surface area contributed by atoms with Gasteiger partial charge in [-0.2, -0.15) is 4.31 Å². The molecule has 5 rings (SSSR count). The largest absolute Gasteiger partial charge is 0.299 e. The van der Waals surface area contributed by atoms with Gasteiger partial charge in [0.2, 0.25) is 21.1 Å². The van der Waals surface area contributed by atoms with E-state index >= 15 is 0 Å². The second kappa shape index (κ2) is 9.91. The molecule has 0 radical (unpaired) electrons. The molecule has 1 saturated heterocycles. The molecule has 178 valence electrons. The summed E-state index contributed by atoms with van der Waals surface area (Å²) >= 11 is 1.33. The van der Waals surface area contributed by atoms with E-state index in [4.69, 9.17) is 0 Å². The molecule has 1 aromatic heterocycles. The van der Waals surface area contributed by atoms with Crippen LogP contribution in [0.2, 0.25) is 0 Å². The fourth-order valence-corrected chi connectivity index (χ4v) is 6.72. The van der Waals surface area contributed by atoms with Crippen molar-refractivity contribution in [3.63, 3.8) is 0 Å². The monoisotopic (exact) mass is 497 g/mol. The van der Waals surface area contributed by atoms with Crippen molar-refractivity contribution >= 4 is 32.4 Å². The molecular weight excluding hydrogens is 470 g/mol. The number of aromatic nitrogens is 2. The third-order valence-corrected chi connectivity index (χ3v) is 9.13. The molecule has 8 nitrogen and oxygen atoms in total. The van der Waals surface area contributed by atoms with Crippen molar-refractivity contribution < 1.29 is 13.2 Å². The molecule has 1 fully saturated rings. The van der Waals surface area contributed by atoms with E-state index in [2.05, 4.69) is 15.5 Å². The number of anilines is 1. The Bertz CT molecular complexity index is 1270. The van der Waals surface area contributed by atoms with Crippen LogP contribution in [-0.4, -0.2) is 66.5 Å². The zero-order chi connectivity index (χ0) is 23.5. The highest BCUT2D eigenvalue weighted by Crippen LogP contribution is 2.27. The number of nitrogens with zero attached hydrogens (tertiary/aromatic N) is 4. The second-order valence-electron chi connectivity index (χ2n) is 8.64. The van der Waals surface area contributed by atoms with Gasteiger partial charge in [-0.25, -0.2) is 8.42 Å². The number of sulfonamides is 1. The Labute approximate surface area is 203 Å². The number of hydrogen-bond acceptors (Lipinski definition) is 7. The van der Waals surface area contributed by atoms with Crippen LogP contribution >= 0.6 is 11.3 Å². The average molecular weight is 498 g/mol. The minimum absolute atomic E-state index is 0.179. The summed E-state index contributed by atoms with van der Waals surface area (Å²) in [5.41, 5.74) is 3.39. The zero-order valence-electron chi connectivity index (χ0n) is 18.8. The molecule has 2 aliphatic rings. The Morgan fingerprint density at radius 3 is 2.44 bits per heavy atom. The molecule has 0 atom stereocenters. The first-order chi connectivity index (χ1) is 16.5. The third kappa shape index (κ3) is 5.05. The van der Waals surface area contributed by atoms with Crippen LogP contribution in [0, 0.1) is 0 Å². The summed E-state index contributed by atoms with van der Waals surface area (Å²) in [6, 6.07) is 15.3. The van der Waals surface area contributed by atoms with E-state index in [1.165, 1.54) is 27.6 Å². The SMILES string of the molecule is O=C(CN1CCN(S(=O)(=O)c2ccc3c(c2)CCCC3)CC1)Nc1nnc(-c2ccccc2)s1. The van der Waals surface area contributed by atoms with Crippen LogP contribution in [0.3, 0.4) is 0 Å². The summed E-state index contributed by atoms with van der Waals surface area (Å²) in [6.07, 6.45) is 4.26. The predicted molar refractivity (Wildman–Crippen MR) is 132 cm³/mol. The maximum absolute atomic E-state index is 13.2. The minimum Gasteiger partial charge on any atom is -0.299 e. The summed E-state index contributed by atoms with van der Waals surface area (Å²) in [7, 11) is -3.53. The topological polar surface area (TPSA) is 95.5 Å². The predicted octanol–water partition coefficient (Wildman–Crippen LogP) is 3.03. The van der Waals surface area contributed by atoms with E-state index in [1.807, 2.05) is 47.4 Å². The lowest BCUT2D eigenvalue weighted by atomic mass is 9.92. The number of fused-ring (bicyclic) bond motifs is 1. The molecule has 3 aromatic rings. The van der Waals surface area contributed by atoms with Gasteiger partial charge in [-0.15, -0.1) is 10.2 Å². The number of carbonyl (C=O) groups excluding carboxylic acids is 1. The van der Waals surface area contributed by atoms with Crippen molar-refractivity contribution in [1.82, 2.24) is 19.4 Å². The molecule has 0 saturated carbocycles. The number of hydrogen-bond donors (Lipinski definition) is 1. The molecule has 0 unspecified atom stereocenters. The molecular formula is C24H27N5O3S2. The van der Waals surface area contributed by atoms with Crippen molar-refractivity contribution in [2.75, 3.05) is 38.0 Å². The van der Waals surface area contributed by atoms with Gasteiger partial charge in [0, 0.05) is 31.7 Å². The van der Waals surface area contributed by atoms with Gasteiger partial charge in [0.05, 0.1) is 11.4 Å². The van der Waals surface area contributed by atoms with Crippen LogP contribution in [-0.2, 0) is 27.7 Å². The maximum Gasteiger partial charge on any atom is 0.243 e. The van der Waals surface area contributed by atoms with E-state index in [0.717, 1.165) is 35.4 Å². The molecule has 2 aromatic carbocycles. The highest BCUT2D eigenvalue weighted by atomic mass is 32.2. The number of amides is 1. The Balaban J connectivity index is 1.15. The van der Waals surface area contributed by atoms with Gasteiger partial charge < -0.3 is 0 Å². The molecule has 1 N–H and O–H groups in total. The van der Waals surface area contributed by atoms with E-state index in [1.54, 1.807) is 6.07 Å². The molecule has 2 heterocycles. The standard InChI is InChI=1S/C24H27N5O3S2/c30-22(25-24-27-26-23(33-24)19-7-2-1-3-8-19)17-28-12-14-29(15-13-28)34(31,32)21-11-10-18-6-4-5-9-20(18)16-21/h1-3,7-8,10-11,16H,4-6,9,12-15,17H2,(H,25,27,30). The van der Waals surface area contributed by atoms with E-state index in [0.29, 0.717) is 36.2 Å². The van der Waals surface area contributed by atoms with Crippen molar-refractivity contribution in [1.29, 1.82) is 0 Å². The quantitative estimate of drug-likeness (QED) is 0.563. The van der Waals surface area contributed by atoms with Crippen LogP contribution in [0.5, 0.6) is 0 Å². The van der Waals surface area contributed by atoms with Gasteiger partial charge >= 0.3 is 0 Å². The lowest BCUT2D eigenvalue weighted by molar-refractivity contribution is -0.117. The van der Waals surface area contributed by atoms with Crippen LogP contribution in [0.4, 0.5) is 5.13 Å². The van der Waals surface area contributed by atoms with Crippen LogP contribution < -0.4 is 5.32 Å². The van der Waals surface area contributed by atoms with Gasteiger partial charge in [-0.3, -0.25) is 15.0 Å². The van der Waals surface area contributed by atoms with E-state index in [9.17, 15) is 13.2 Å². The van der Waals surface area contributed by atoms with Gasteiger partial charge in [0.15, 0.2) is 0 Å². The maximum atomic E-state index is 13.2. The number of piperazine rings is 1. The van der Waals surface area contributed by atoms with E-state index in [-0.39, 0.29) is 12.5 Å². The summed E-state index contributed by atoms with van der Waals surface area (Å²) in [6.45, 7) is 1.92. The molecule has 1 aliphatic heterocycles. The van der Waals surface area contributed by atoms with Crippen molar-refractivity contribution in [3.8, 4) is 10.6 Å². The molecule has 0 spiro atoms. The summed E-state index contributed by atoms with van der Waals surface area (Å²) in [4.78, 5) is 14.9. The van der Waals surface area contributed by atoms with Gasteiger partial charge in [0.1, 0.15) is 5.01 Å². The van der Waals surface area contributed by atoms with Crippen molar-refractivity contribution in [2.45, 2.75) is 30.6 Å². The Morgan fingerprint density at radius 2 is 1.68 bits per heavy atom. The van der Waals surface area contributed by atoms with Crippen molar-refractivity contribution in [2.24, 2.45) is 0 Å².